The number of nitrogens with zero attached hydrogens (tertiary/aromatic N) is 2. The molecule has 1 aliphatic carbocycles. The molecular formula is C23H27ClN4O3. The fourth-order valence-electron chi connectivity index (χ4n) is 3.95. The molecule has 2 N–H and O–H groups in total. The highest BCUT2D eigenvalue weighted by atomic mass is 35.5. The van der Waals surface area contributed by atoms with Crippen LogP contribution in [0.2, 0.25) is 5.02 Å². The van der Waals surface area contributed by atoms with Gasteiger partial charge in [0.05, 0.1) is 23.8 Å². The minimum atomic E-state index is -0.279. The highest BCUT2D eigenvalue weighted by Crippen LogP contribution is 2.38. The number of aromatic amines is 1. The van der Waals surface area contributed by atoms with Gasteiger partial charge in [0.25, 0.3) is 5.91 Å². The Morgan fingerprint density at radius 3 is 2.68 bits per heavy atom. The molecule has 31 heavy (non-hydrogen) atoms. The van der Waals surface area contributed by atoms with E-state index in [0.29, 0.717) is 16.5 Å². The van der Waals surface area contributed by atoms with Gasteiger partial charge in [-0.15, -0.1) is 0 Å². The SMILES string of the molecule is COc1nc(N(C)C)ccc1-c1cc2c(C(=O)NOC3CCCCC3)c[nH]c2cc1Cl. The molecule has 164 valence electrons. The molecule has 0 radical (unpaired) electrons. The lowest BCUT2D eigenvalue weighted by Crippen LogP contribution is -2.30. The third kappa shape index (κ3) is 4.48. The average Bonchev–Trinajstić information content (AvgIpc) is 3.19. The van der Waals surface area contributed by atoms with Gasteiger partial charge in [0, 0.05) is 42.3 Å². The molecule has 8 heteroatoms. The maximum Gasteiger partial charge on any atom is 0.277 e. The number of rotatable bonds is 6. The van der Waals surface area contributed by atoms with Crippen molar-refractivity contribution in [2.45, 2.75) is 38.2 Å². The molecule has 1 amide bonds. The van der Waals surface area contributed by atoms with Crippen LogP contribution in [0.3, 0.4) is 0 Å². The molecule has 2 heterocycles. The van der Waals surface area contributed by atoms with Gasteiger partial charge in [-0.2, -0.15) is 4.98 Å². The number of benzene rings is 1. The van der Waals surface area contributed by atoms with Crippen LogP contribution in [0, 0.1) is 0 Å². The number of H-pyrrole nitrogens is 1. The van der Waals surface area contributed by atoms with Crippen molar-refractivity contribution in [2.24, 2.45) is 0 Å². The zero-order chi connectivity index (χ0) is 22.0. The van der Waals surface area contributed by atoms with E-state index in [1.165, 1.54) is 6.42 Å². The Labute approximate surface area is 186 Å². The number of fused-ring (bicyclic) bond motifs is 1. The number of methoxy groups -OCH3 is 1. The summed E-state index contributed by atoms with van der Waals surface area (Å²) in [7, 11) is 5.41. The van der Waals surface area contributed by atoms with Crippen LogP contribution in [0.4, 0.5) is 5.82 Å². The van der Waals surface area contributed by atoms with Gasteiger partial charge in [-0.05, 0) is 37.1 Å². The van der Waals surface area contributed by atoms with Gasteiger partial charge in [-0.25, -0.2) is 5.48 Å². The number of carbonyl (C=O) groups excluding carboxylic acids is 1. The third-order valence-electron chi connectivity index (χ3n) is 5.67. The summed E-state index contributed by atoms with van der Waals surface area (Å²) in [5.74, 6) is 0.965. The number of hydrogen-bond donors (Lipinski definition) is 2. The second-order valence-corrected chi connectivity index (χ2v) is 8.42. The zero-order valence-corrected chi connectivity index (χ0v) is 18.8. The monoisotopic (exact) mass is 442 g/mol. The van der Waals surface area contributed by atoms with Crippen molar-refractivity contribution in [3.63, 3.8) is 0 Å². The van der Waals surface area contributed by atoms with Crippen LogP contribution < -0.4 is 15.1 Å². The Morgan fingerprint density at radius 1 is 1.19 bits per heavy atom. The van der Waals surface area contributed by atoms with Gasteiger partial charge in [-0.3, -0.25) is 9.63 Å². The van der Waals surface area contributed by atoms with Gasteiger partial charge in [-0.1, -0.05) is 30.9 Å². The first kappa shape index (κ1) is 21.5. The van der Waals surface area contributed by atoms with E-state index in [4.69, 9.17) is 21.2 Å². The number of hydroxylamine groups is 1. The molecule has 1 aromatic carbocycles. The van der Waals surface area contributed by atoms with E-state index in [2.05, 4.69) is 15.4 Å². The molecule has 1 aliphatic rings. The molecule has 0 aliphatic heterocycles. The lowest BCUT2D eigenvalue weighted by Gasteiger charge is -2.21. The highest BCUT2D eigenvalue weighted by Gasteiger charge is 2.20. The second-order valence-electron chi connectivity index (χ2n) is 8.01. The summed E-state index contributed by atoms with van der Waals surface area (Å²) in [4.78, 5) is 28.0. The Morgan fingerprint density at radius 2 is 1.97 bits per heavy atom. The summed E-state index contributed by atoms with van der Waals surface area (Å²) in [5, 5.41) is 1.29. The van der Waals surface area contributed by atoms with Crippen molar-refractivity contribution in [3.05, 3.63) is 41.0 Å². The quantitative estimate of drug-likeness (QED) is 0.528. The molecule has 0 unspecified atom stereocenters. The number of carbonyl (C=O) groups is 1. The molecule has 0 saturated heterocycles. The third-order valence-corrected chi connectivity index (χ3v) is 5.98. The van der Waals surface area contributed by atoms with Crippen molar-refractivity contribution in [3.8, 4) is 17.0 Å². The standard InChI is InChI=1S/C23H27ClN4O3/c1-28(2)21-10-9-15(23(26-21)30-3)16-11-17-18(13-25-20(17)12-19(16)24)22(29)27-31-14-7-5-4-6-8-14/h9-14,25H,4-8H2,1-3H3,(H,27,29). The second kappa shape index (κ2) is 9.16. The Balaban J connectivity index is 1.65. The summed E-state index contributed by atoms with van der Waals surface area (Å²) in [6.45, 7) is 0. The summed E-state index contributed by atoms with van der Waals surface area (Å²) in [6.07, 6.45) is 7.21. The van der Waals surface area contributed by atoms with E-state index < -0.39 is 0 Å². The Bertz CT molecular complexity index is 1090. The molecule has 4 rings (SSSR count). The van der Waals surface area contributed by atoms with E-state index in [1.54, 1.807) is 13.3 Å². The molecule has 1 saturated carbocycles. The largest absolute Gasteiger partial charge is 0.480 e. The first-order chi connectivity index (χ1) is 15.0. The number of anilines is 1. The van der Waals surface area contributed by atoms with Gasteiger partial charge in [0.15, 0.2) is 0 Å². The molecule has 0 bridgehead atoms. The maximum absolute atomic E-state index is 12.8. The number of nitrogens with one attached hydrogen (secondary N) is 2. The van der Waals surface area contributed by atoms with E-state index >= 15 is 0 Å². The lowest BCUT2D eigenvalue weighted by atomic mass is 9.98. The molecule has 3 aromatic rings. The molecule has 0 atom stereocenters. The van der Waals surface area contributed by atoms with Crippen LogP contribution in [0.15, 0.2) is 30.5 Å². The number of amides is 1. The molecular weight excluding hydrogens is 416 g/mol. The fraction of sp³-hybridized carbons (Fsp3) is 0.391. The van der Waals surface area contributed by atoms with Crippen LogP contribution in [0.5, 0.6) is 5.88 Å². The minimum absolute atomic E-state index is 0.0819. The van der Waals surface area contributed by atoms with Crippen LogP contribution >= 0.6 is 11.6 Å². The van der Waals surface area contributed by atoms with Crippen LogP contribution in [0.25, 0.3) is 22.0 Å². The van der Waals surface area contributed by atoms with Crippen LogP contribution in [-0.4, -0.2) is 43.2 Å². The minimum Gasteiger partial charge on any atom is -0.480 e. The summed E-state index contributed by atoms with van der Waals surface area (Å²) >= 11 is 6.58. The van der Waals surface area contributed by atoms with E-state index in [-0.39, 0.29) is 12.0 Å². The summed E-state index contributed by atoms with van der Waals surface area (Å²) in [6, 6.07) is 7.52. The average molecular weight is 443 g/mol. The van der Waals surface area contributed by atoms with Gasteiger partial charge >= 0.3 is 0 Å². The molecule has 7 nitrogen and oxygen atoms in total. The van der Waals surface area contributed by atoms with Crippen molar-refractivity contribution >= 4 is 34.2 Å². The molecule has 0 spiro atoms. The van der Waals surface area contributed by atoms with Gasteiger partial charge < -0.3 is 14.6 Å². The summed E-state index contributed by atoms with van der Waals surface area (Å²) < 4.78 is 5.52. The number of aromatic nitrogens is 2. The summed E-state index contributed by atoms with van der Waals surface area (Å²) in [5.41, 5.74) is 5.40. The number of halogens is 1. The van der Waals surface area contributed by atoms with E-state index in [1.807, 2.05) is 43.3 Å². The van der Waals surface area contributed by atoms with Gasteiger partial charge in [0.1, 0.15) is 5.82 Å². The number of hydrogen-bond acceptors (Lipinski definition) is 5. The predicted octanol–water partition coefficient (Wildman–Crippen LogP) is 4.95. The maximum atomic E-state index is 12.8. The van der Waals surface area contributed by atoms with Gasteiger partial charge in [0.2, 0.25) is 5.88 Å². The molecule has 1 fully saturated rings. The first-order valence-corrected chi connectivity index (χ1v) is 10.8. The van der Waals surface area contributed by atoms with Crippen molar-refractivity contribution in [2.75, 3.05) is 26.1 Å². The van der Waals surface area contributed by atoms with Crippen molar-refractivity contribution in [1.29, 1.82) is 0 Å². The lowest BCUT2D eigenvalue weighted by molar-refractivity contribution is -0.0311. The smallest absolute Gasteiger partial charge is 0.277 e. The van der Waals surface area contributed by atoms with E-state index in [0.717, 1.165) is 53.5 Å². The Hall–Kier alpha value is -2.77. The fourth-order valence-corrected chi connectivity index (χ4v) is 4.22. The zero-order valence-electron chi connectivity index (χ0n) is 18.0. The predicted molar refractivity (Wildman–Crippen MR) is 123 cm³/mol. The first-order valence-electron chi connectivity index (χ1n) is 10.5. The number of ether oxygens (including phenoxy) is 1. The highest BCUT2D eigenvalue weighted by molar-refractivity contribution is 6.34. The normalized spacial score (nSPS) is 14.6. The van der Waals surface area contributed by atoms with E-state index in [9.17, 15) is 4.79 Å². The van der Waals surface area contributed by atoms with Crippen molar-refractivity contribution < 1.29 is 14.4 Å². The van der Waals surface area contributed by atoms with Crippen molar-refractivity contribution in [1.82, 2.24) is 15.4 Å². The number of pyridine rings is 1. The molecule has 2 aromatic heterocycles. The topological polar surface area (TPSA) is 79.5 Å². The van der Waals surface area contributed by atoms with Crippen LogP contribution in [-0.2, 0) is 4.84 Å². The van der Waals surface area contributed by atoms with Crippen LogP contribution in [0.1, 0.15) is 42.5 Å². The Kier molecular flexibility index (Phi) is 6.34.